The van der Waals surface area contributed by atoms with Crippen LogP contribution in [0.15, 0.2) is 40.1 Å². The smallest absolute Gasteiger partial charge is 0.308 e. The zero-order valence-electron chi connectivity index (χ0n) is 15.6. The SMILES string of the molecule is CCN(CC)Cc1ccc(CNCc2cn(C)c(=O)n(C)c2=O)cc1. The lowest BCUT2D eigenvalue weighted by molar-refractivity contribution is 0.296. The van der Waals surface area contributed by atoms with E-state index in [1.165, 1.54) is 22.7 Å². The molecule has 0 aliphatic heterocycles. The van der Waals surface area contributed by atoms with E-state index in [-0.39, 0.29) is 11.2 Å². The summed E-state index contributed by atoms with van der Waals surface area (Å²) < 4.78 is 2.57. The molecule has 0 spiro atoms. The van der Waals surface area contributed by atoms with Gasteiger partial charge in [0.1, 0.15) is 0 Å². The van der Waals surface area contributed by atoms with Gasteiger partial charge in [0.2, 0.25) is 0 Å². The molecule has 0 fully saturated rings. The van der Waals surface area contributed by atoms with Gasteiger partial charge in [0.15, 0.2) is 0 Å². The van der Waals surface area contributed by atoms with Gasteiger partial charge in [-0.1, -0.05) is 38.1 Å². The Labute approximate surface area is 148 Å². The number of hydrogen-bond donors (Lipinski definition) is 1. The maximum Gasteiger partial charge on any atom is 0.330 e. The molecule has 6 nitrogen and oxygen atoms in total. The maximum atomic E-state index is 12.1. The number of nitrogens with zero attached hydrogens (tertiary/aromatic N) is 3. The van der Waals surface area contributed by atoms with Crippen LogP contribution in [0.3, 0.4) is 0 Å². The van der Waals surface area contributed by atoms with Gasteiger partial charge in [0.05, 0.1) is 0 Å². The Kier molecular flexibility index (Phi) is 6.73. The first-order chi connectivity index (χ1) is 12.0. The van der Waals surface area contributed by atoms with Gasteiger partial charge in [-0.15, -0.1) is 0 Å². The third-order valence-electron chi connectivity index (χ3n) is 4.49. The van der Waals surface area contributed by atoms with Crippen LogP contribution >= 0.6 is 0 Å². The molecule has 0 saturated heterocycles. The van der Waals surface area contributed by atoms with Crippen molar-refractivity contribution in [3.05, 3.63) is 68.0 Å². The van der Waals surface area contributed by atoms with Crippen molar-refractivity contribution in [2.45, 2.75) is 33.5 Å². The van der Waals surface area contributed by atoms with Crippen molar-refractivity contribution in [2.75, 3.05) is 13.1 Å². The van der Waals surface area contributed by atoms with E-state index in [0.717, 1.165) is 24.2 Å². The predicted molar refractivity (Wildman–Crippen MR) is 101 cm³/mol. The zero-order valence-corrected chi connectivity index (χ0v) is 15.6. The standard InChI is InChI=1S/C19H28N4O2/c1-5-23(6-2)13-16-9-7-15(8-10-16)11-20-12-17-14-21(3)19(25)22(4)18(17)24/h7-10,14,20H,5-6,11-13H2,1-4H3. The van der Waals surface area contributed by atoms with Crippen LogP contribution in [0.25, 0.3) is 0 Å². The summed E-state index contributed by atoms with van der Waals surface area (Å²) in [7, 11) is 3.16. The lowest BCUT2D eigenvalue weighted by Gasteiger charge is -2.18. The quantitative estimate of drug-likeness (QED) is 0.782. The largest absolute Gasteiger partial charge is 0.330 e. The van der Waals surface area contributed by atoms with Crippen LogP contribution in [0.2, 0.25) is 0 Å². The predicted octanol–water partition coefficient (Wildman–Crippen LogP) is 1.22. The number of benzene rings is 1. The van der Waals surface area contributed by atoms with Crippen molar-refractivity contribution < 1.29 is 0 Å². The van der Waals surface area contributed by atoms with Crippen LogP contribution in [-0.4, -0.2) is 27.1 Å². The first-order valence-corrected chi connectivity index (χ1v) is 8.72. The molecule has 0 saturated carbocycles. The van der Waals surface area contributed by atoms with Crippen LogP contribution < -0.4 is 16.6 Å². The van der Waals surface area contributed by atoms with Crippen molar-refractivity contribution in [1.29, 1.82) is 0 Å². The Morgan fingerprint density at radius 2 is 1.56 bits per heavy atom. The molecule has 0 unspecified atom stereocenters. The first-order valence-electron chi connectivity index (χ1n) is 8.72. The lowest BCUT2D eigenvalue weighted by atomic mass is 10.1. The van der Waals surface area contributed by atoms with Crippen LogP contribution in [0.4, 0.5) is 0 Å². The van der Waals surface area contributed by atoms with E-state index in [1.807, 2.05) is 0 Å². The maximum absolute atomic E-state index is 12.1. The van der Waals surface area contributed by atoms with Crippen LogP contribution in [0.1, 0.15) is 30.5 Å². The van der Waals surface area contributed by atoms with Gasteiger partial charge in [-0.05, 0) is 24.2 Å². The molecule has 0 atom stereocenters. The van der Waals surface area contributed by atoms with Gasteiger partial charge in [0.25, 0.3) is 5.56 Å². The second kappa shape index (κ2) is 8.78. The number of aromatic nitrogens is 2. The Balaban J connectivity index is 1.94. The van der Waals surface area contributed by atoms with E-state index in [0.29, 0.717) is 18.7 Å². The number of aryl methyl sites for hydroxylation is 1. The van der Waals surface area contributed by atoms with Crippen molar-refractivity contribution >= 4 is 0 Å². The molecule has 2 rings (SSSR count). The summed E-state index contributed by atoms with van der Waals surface area (Å²) in [5.74, 6) is 0. The minimum atomic E-state index is -0.308. The lowest BCUT2D eigenvalue weighted by Crippen LogP contribution is -2.39. The van der Waals surface area contributed by atoms with Gasteiger partial charge in [0, 0.05) is 45.5 Å². The van der Waals surface area contributed by atoms with E-state index in [4.69, 9.17) is 0 Å². The van der Waals surface area contributed by atoms with Crippen molar-refractivity contribution in [3.8, 4) is 0 Å². The average Bonchev–Trinajstić information content (AvgIpc) is 2.63. The van der Waals surface area contributed by atoms with E-state index < -0.39 is 0 Å². The third kappa shape index (κ3) is 4.90. The Hall–Kier alpha value is -2.18. The van der Waals surface area contributed by atoms with Gasteiger partial charge >= 0.3 is 5.69 Å². The molecule has 1 aromatic carbocycles. The number of hydrogen-bond acceptors (Lipinski definition) is 4. The normalized spacial score (nSPS) is 11.2. The Morgan fingerprint density at radius 3 is 2.16 bits per heavy atom. The monoisotopic (exact) mass is 344 g/mol. The summed E-state index contributed by atoms with van der Waals surface area (Å²) in [5, 5.41) is 3.28. The molecule has 1 N–H and O–H groups in total. The van der Waals surface area contributed by atoms with Crippen LogP contribution in [0, 0.1) is 0 Å². The number of rotatable bonds is 8. The van der Waals surface area contributed by atoms with E-state index >= 15 is 0 Å². The van der Waals surface area contributed by atoms with Gasteiger partial charge in [-0.3, -0.25) is 14.3 Å². The second-order valence-corrected chi connectivity index (χ2v) is 6.29. The summed E-state index contributed by atoms with van der Waals surface area (Å²) in [6.45, 7) is 8.52. The highest BCUT2D eigenvalue weighted by molar-refractivity contribution is 5.22. The first kappa shape index (κ1) is 19.1. The van der Waals surface area contributed by atoms with E-state index in [9.17, 15) is 9.59 Å². The van der Waals surface area contributed by atoms with Crippen molar-refractivity contribution in [2.24, 2.45) is 14.1 Å². The second-order valence-electron chi connectivity index (χ2n) is 6.29. The molecule has 136 valence electrons. The number of nitrogens with one attached hydrogen (secondary N) is 1. The molecule has 6 heteroatoms. The molecule has 0 bridgehead atoms. The Bertz CT molecular complexity index is 802. The molecule has 0 radical (unpaired) electrons. The molecule has 25 heavy (non-hydrogen) atoms. The van der Waals surface area contributed by atoms with E-state index in [2.05, 4.69) is 48.3 Å². The fourth-order valence-electron chi connectivity index (χ4n) is 2.81. The highest BCUT2D eigenvalue weighted by Gasteiger charge is 2.06. The third-order valence-corrected chi connectivity index (χ3v) is 4.49. The molecular weight excluding hydrogens is 316 g/mol. The molecule has 2 aromatic rings. The highest BCUT2D eigenvalue weighted by atomic mass is 16.2. The highest BCUT2D eigenvalue weighted by Crippen LogP contribution is 2.07. The summed E-state index contributed by atoms with van der Waals surface area (Å²) in [6, 6.07) is 8.54. The van der Waals surface area contributed by atoms with E-state index in [1.54, 1.807) is 13.2 Å². The molecule has 0 aliphatic carbocycles. The molecule has 0 aliphatic rings. The van der Waals surface area contributed by atoms with Crippen molar-refractivity contribution in [3.63, 3.8) is 0 Å². The van der Waals surface area contributed by atoms with Gasteiger partial charge < -0.3 is 9.88 Å². The van der Waals surface area contributed by atoms with Crippen LogP contribution in [-0.2, 0) is 33.7 Å². The fourth-order valence-corrected chi connectivity index (χ4v) is 2.81. The zero-order chi connectivity index (χ0) is 18.4. The van der Waals surface area contributed by atoms with Crippen molar-refractivity contribution in [1.82, 2.24) is 19.4 Å². The van der Waals surface area contributed by atoms with Gasteiger partial charge in [-0.25, -0.2) is 4.79 Å². The fraction of sp³-hybridized carbons (Fsp3) is 0.474. The molecule has 1 heterocycles. The summed E-state index contributed by atoms with van der Waals surface area (Å²) in [4.78, 5) is 26.2. The minimum Gasteiger partial charge on any atom is -0.308 e. The average molecular weight is 344 g/mol. The van der Waals surface area contributed by atoms with Crippen LogP contribution in [0.5, 0.6) is 0 Å². The molecular formula is C19H28N4O2. The Morgan fingerprint density at radius 1 is 0.960 bits per heavy atom. The summed E-state index contributed by atoms with van der Waals surface area (Å²) in [6.07, 6.45) is 1.60. The topological polar surface area (TPSA) is 59.3 Å². The summed E-state index contributed by atoms with van der Waals surface area (Å²) in [5.41, 5.74) is 2.51. The molecule has 1 aromatic heterocycles. The minimum absolute atomic E-state index is 0.245. The van der Waals surface area contributed by atoms with Gasteiger partial charge in [-0.2, -0.15) is 0 Å². The molecule has 0 amide bonds. The summed E-state index contributed by atoms with van der Waals surface area (Å²) >= 11 is 0.